The zero-order valence-electron chi connectivity index (χ0n) is 14.5. The van der Waals surface area contributed by atoms with E-state index in [-0.39, 0.29) is 23.6 Å². The summed E-state index contributed by atoms with van der Waals surface area (Å²) in [6.07, 6.45) is 5.30. The van der Waals surface area contributed by atoms with Crippen LogP contribution in [0.5, 0.6) is 0 Å². The summed E-state index contributed by atoms with van der Waals surface area (Å²) in [5.74, 6) is 0.111. The first-order chi connectivity index (χ1) is 10.5. The number of amides is 3. The lowest BCUT2D eigenvalue weighted by Crippen LogP contribution is -2.51. The summed E-state index contributed by atoms with van der Waals surface area (Å²) in [4.78, 5) is 25.9. The molecule has 1 N–H and O–H groups in total. The van der Waals surface area contributed by atoms with Crippen LogP contribution in [0.1, 0.15) is 52.9 Å². The average molecular weight is 344 g/mol. The molecular weight excluding hydrogens is 316 g/mol. The van der Waals surface area contributed by atoms with Gasteiger partial charge in [0.1, 0.15) is 15.4 Å². The Morgan fingerprint density at radius 2 is 1.83 bits per heavy atom. The van der Waals surface area contributed by atoms with Crippen LogP contribution in [0.25, 0.3) is 0 Å². The molecule has 2 rings (SSSR count). The molecule has 6 nitrogen and oxygen atoms in total. The van der Waals surface area contributed by atoms with Crippen LogP contribution in [-0.2, 0) is 14.6 Å². The molecule has 1 aliphatic heterocycles. The molecule has 0 atom stereocenters. The first-order valence-electron chi connectivity index (χ1n) is 8.32. The maximum Gasteiger partial charge on any atom is 0.325 e. The van der Waals surface area contributed by atoms with Gasteiger partial charge in [-0.15, -0.1) is 0 Å². The van der Waals surface area contributed by atoms with Crippen molar-refractivity contribution in [1.29, 1.82) is 0 Å². The first kappa shape index (κ1) is 18.2. The van der Waals surface area contributed by atoms with E-state index in [0.29, 0.717) is 18.8 Å². The van der Waals surface area contributed by atoms with Gasteiger partial charge >= 0.3 is 6.03 Å². The number of carbonyl (C=O) groups excluding carboxylic acids is 2. The number of hydrogen-bond donors (Lipinski definition) is 1. The van der Waals surface area contributed by atoms with E-state index in [1.54, 1.807) is 0 Å². The zero-order valence-corrected chi connectivity index (χ0v) is 15.3. The van der Waals surface area contributed by atoms with Crippen LogP contribution in [0.4, 0.5) is 4.79 Å². The molecule has 3 amide bonds. The molecule has 1 spiro atoms. The van der Waals surface area contributed by atoms with Crippen molar-refractivity contribution in [2.24, 2.45) is 11.3 Å². The van der Waals surface area contributed by atoms with Gasteiger partial charge < -0.3 is 5.32 Å². The number of rotatable bonds is 5. The number of urea groups is 1. The largest absolute Gasteiger partial charge is 0.325 e. The molecule has 1 aliphatic carbocycles. The Hall–Kier alpha value is -1.11. The number of hydrogen-bond acceptors (Lipinski definition) is 4. The Bertz CT molecular complexity index is 589. The van der Waals surface area contributed by atoms with E-state index in [1.807, 2.05) is 0 Å². The summed E-state index contributed by atoms with van der Waals surface area (Å²) in [7, 11) is -3.21. The molecule has 0 aromatic carbocycles. The molecule has 0 bridgehead atoms. The van der Waals surface area contributed by atoms with Gasteiger partial charge in [-0.1, -0.05) is 27.2 Å². The fourth-order valence-corrected chi connectivity index (χ4v) is 4.17. The molecule has 0 aromatic rings. The highest BCUT2D eigenvalue weighted by Gasteiger charge is 2.53. The summed E-state index contributed by atoms with van der Waals surface area (Å²) in [5, 5.41) is 2.84. The van der Waals surface area contributed by atoms with Gasteiger partial charge in [-0.05, 0) is 37.0 Å². The highest BCUT2D eigenvalue weighted by molar-refractivity contribution is 7.90. The molecular formula is C16H28N2O4S. The predicted octanol–water partition coefficient (Wildman–Crippen LogP) is 1.95. The molecule has 1 saturated heterocycles. The molecule has 0 aromatic heterocycles. The zero-order chi connectivity index (χ0) is 17.5. The Morgan fingerprint density at radius 1 is 1.26 bits per heavy atom. The Kier molecular flexibility index (Phi) is 4.81. The maximum atomic E-state index is 12.7. The van der Waals surface area contributed by atoms with Crippen molar-refractivity contribution in [3.05, 3.63) is 0 Å². The second-order valence-corrected chi connectivity index (χ2v) is 9.98. The van der Waals surface area contributed by atoms with Crippen molar-refractivity contribution in [2.45, 2.75) is 58.4 Å². The summed E-state index contributed by atoms with van der Waals surface area (Å²) in [6.45, 7) is 6.63. The van der Waals surface area contributed by atoms with E-state index in [1.165, 1.54) is 0 Å². The standard InChI is InChI=1S/C16H28N2O4S/c1-5-15(2,3)12-6-8-16(9-7-12)13(19)18(14(20)17-16)10-11-23(4,21)22/h12H,5-11H2,1-4H3,(H,17,20). The molecule has 2 aliphatic rings. The van der Waals surface area contributed by atoms with Crippen molar-refractivity contribution in [3.63, 3.8) is 0 Å². The SMILES string of the molecule is CCC(C)(C)C1CCC2(CC1)NC(=O)N(CCS(C)(=O)=O)C2=O. The van der Waals surface area contributed by atoms with Gasteiger partial charge in [-0.25, -0.2) is 13.2 Å². The monoisotopic (exact) mass is 344 g/mol. The number of carbonyl (C=O) groups is 2. The summed E-state index contributed by atoms with van der Waals surface area (Å²) < 4.78 is 22.6. The number of nitrogens with one attached hydrogen (secondary N) is 1. The minimum atomic E-state index is -3.21. The van der Waals surface area contributed by atoms with Crippen molar-refractivity contribution in [2.75, 3.05) is 18.6 Å². The van der Waals surface area contributed by atoms with E-state index < -0.39 is 21.4 Å². The van der Waals surface area contributed by atoms with Crippen LogP contribution < -0.4 is 5.32 Å². The van der Waals surface area contributed by atoms with Crippen LogP contribution >= 0.6 is 0 Å². The van der Waals surface area contributed by atoms with E-state index in [2.05, 4.69) is 26.1 Å². The normalized spacial score (nSPS) is 29.2. The molecule has 1 saturated carbocycles. The minimum Gasteiger partial charge on any atom is -0.323 e. The van der Waals surface area contributed by atoms with Gasteiger partial charge in [0, 0.05) is 12.8 Å². The third kappa shape index (κ3) is 3.70. The molecule has 1 heterocycles. The van der Waals surface area contributed by atoms with Crippen LogP contribution in [0.15, 0.2) is 0 Å². The van der Waals surface area contributed by atoms with Crippen molar-refractivity contribution in [3.8, 4) is 0 Å². The van der Waals surface area contributed by atoms with E-state index in [9.17, 15) is 18.0 Å². The van der Waals surface area contributed by atoms with Crippen LogP contribution in [0.3, 0.4) is 0 Å². The molecule has 0 unspecified atom stereocenters. The van der Waals surface area contributed by atoms with Crippen molar-refractivity contribution >= 4 is 21.8 Å². The lowest BCUT2D eigenvalue weighted by Gasteiger charge is -2.42. The maximum absolute atomic E-state index is 12.7. The number of imide groups is 1. The quantitative estimate of drug-likeness (QED) is 0.773. The lowest BCUT2D eigenvalue weighted by molar-refractivity contribution is -0.133. The Morgan fingerprint density at radius 3 is 2.30 bits per heavy atom. The third-order valence-electron chi connectivity index (χ3n) is 5.79. The minimum absolute atomic E-state index is 0.0604. The van der Waals surface area contributed by atoms with Crippen LogP contribution in [0.2, 0.25) is 0 Å². The molecule has 23 heavy (non-hydrogen) atoms. The van der Waals surface area contributed by atoms with E-state index in [4.69, 9.17) is 0 Å². The molecule has 0 radical (unpaired) electrons. The lowest BCUT2D eigenvalue weighted by atomic mass is 9.65. The average Bonchev–Trinajstić information content (AvgIpc) is 2.68. The Labute approximate surface area is 138 Å². The highest BCUT2D eigenvalue weighted by atomic mass is 32.2. The smallest absolute Gasteiger partial charge is 0.323 e. The van der Waals surface area contributed by atoms with Crippen LogP contribution in [0, 0.1) is 11.3 Å². The fourth-order valence-electron chi connectivity index (χ4n) is 3.66. The van der Waals surface area contributed by atoms with Gasteiger partial charge in [0.2, 0.25) is 0 Å². The van der Waals surface area contributed by atoms with E-state index in [0.717, 1.165) is 30.4 Å². The van der Waals surface area contributed by atoms with Crippen molar-refractivity contribution in [1.82, 2.24) is 10.2 Å². The highest BCUT2D eigenvalue weighted by Crippen LogP contribution is 2.45. The predicted molar refractivity (Wildman–Crippen MR) is 88.7 cm³/mol. The van der Waals surface area contributed by atoms with Gasteiger partial charge in [0.25, 0.3) is 5.91 Å². The van der Waals surface area contributed by atoms with Crippen LogP contribution in [-0.4, -0.2) is 49.3 Å². The number of sulfone groups is 1. The van der Waals surface area contributed by atoms with Gasteiger partial charge in [-0.3, -0.25) is 9.69 Å². The second-order valence-electron chi connectivity index (χ2n) is 7.72. The van der Waals surface area contributed by atoms with Gasteiger partial charge in [-0.2, -0.15) is 0 Å². The fraction of sp³-hybridized carbons (Fsp3) is 0.875. The van der Waals surface area contributed by atoms with Gasteiger partial charge in [0.05, 0.1) is 5.75 Å². The third-order valence-corrected chi connectivity index (χ3v) is 6.71. The number of nitrogens with zero attached hydrogens (tertiary/aromatic N) is 1. The topological polar surface area (TPSA) is 83.6 Å². The first-order valence-corrected chi connectivity index (χ1v) is 10.4. The summed E-state index contributed by atoms with van der Waals surface area (Å²) >= 11 is 0. The van der Waals surface area contributed by atoms with Gasteiger partial charge in [0.15, 0.2) is 0 Å². The van der Waals surface area contributed by atoms with E-state index >= 15 is 0 Å². The molecule has 132 valence electrons. The summed E-state index contributed by atoms with van der Waals surface area (Å²) in [5.41, 5.74) is -0.571. The molecule has 7 heteroatoms. The van der Waals surface area contributed by atoms with Crippen molar-refractivity contribution < 1.29 is 18.0 Å². The molecule has 2 fully saturated rings. The Balaban J connectivity index is 2.05. The summed E-state index contributed by atoms with van der Waals surface area (Å²) in [6, 6.07) is -0.452. The second kappa shape index (κ2) is 6.07.